The van der Waals surface area contributed by atoms with Gasteiger partial charge in [-0.2, -0.15) is 0 Å². The second kappa shape index (κ2) is 8.99. The maximum Gasteiger partial charge on any atom is 0.230 e. The lowest BCUT2D eigenvalue weighted by atomic mass is 10.2. The fourth-order valence-electron chi connectivity index (χ4n) is 1.78. The van der Waals surface area contributed by atoms with Crippen molar-refractivity contribution in [3.8, 4) is 0 Å². The average molecular weight is 302 g/mol. The van der Waals surface area contributed by atoms with Gasteiger partial charge in [-0.3, -0.25) is 4.79 Å². The number of hydrogen-bond acceptors (Lipinski definition) is 6. The summed E-state index contributed by atoms with van der Waals surface area (Å²) in [5.74, 6) is 1.80. The topological polar surface area (TPSA) is 84.6 Å². The van der Waals surface area contributed by atoms with E-state index in [1.807, 2.05) is 13.8 Å². The smallest absolute Gasteiger partial charge is 0.230 e. The molecule has 0 aliphatic rings. The normalized spacial score (nSPS) is 12.4. The summed E-state index contributed by atoms with van der Waals surface area (Å²) in [7, 11) is 1.57. The Hall–Kier alpha value is -1.05. The largest absolute Gasteiger partial charge is 0.396 e. The molecule has 1 atom stereocenters. The fraction of sp³-hybridized carbons (Fsp3) is 0.692. The van der Waals surface area contributed by atoms with Gasteiger partial charge in [-0.15, -0.1) is 11.8 Å². The lowest BCUT2D eigenvalue weighted by Crippen LogP contribution is -2.39. The summed E-state index contributed by atoms with van der Waals surface area (Å²) in [4.78, 5) is 11.8. The van der Waals surface area contributed by atoms with Gasteiger partial charge in [0.2, 0.25) is 5.91 Å². The molecule has 1 amide bonds. The lowest BCUT2D eigenvalue weighted by Gasteiger charge is -2.16. The number of carbonyl (C=O) groups excluding carboxylic acids is 1. The molecule has 7 heteroatoms. The summed E-state index contributed by atoms with van der Waals surface area (Å²) in [5.41, 5.74) is 1.92. The van der Waals surface area contributed by atoms with Gasteiger partial charge in [-0.1, -0.05) is 5.16 Å². The van der Waals surface area contributed by atoms with Gasteiger partial charge in [0.25, 0.3) is 0 Å². The van der Waals surface area contributed by atoms with Crippen LogP contribution >= 0.6 is 11.8 Å². The zero-order valence-electron chi connectivity index (χ0n) is 12.1. The van der Waals surface area contributed by atoms with Crippen molar-refractivity contribution >= 4 is 17.7 Å². The van der Waals surface area contributed by atoms with Gasteiger partial charge in [0.1, 0.15) is 5.76 Å². The molecule has 6 nitrogen and oxygen atoms in total. The van der Waals surface area contributed by atoms with E-state index in [1.165, 1.54) is 11.8 Å². The van der Waals surface area contributed by atoms with Crippen LogP contribution < -0.4 is 5.32 Å². The standard InChI is InChI=1S/C13H22N2O4S/c1-9-12(10(2)19-15-9)7-20-8-13(17)14-11(4-5-16)6-18-3/h11,16H,4-8H2,1-3H3,(H,14,17). The number of aliphatic hydroxyl groups is 1. The molecule has 1 heterocycles. The van der Waals surface area contributed by atoms with Crippen molar-refractivity contribution in [3.63, 3.8) is 0 Å². The lowest BCUT2D eigenvalue weighted by molar-refractivity contribution is -0.119. The third-order valence-electron chi connectivity index (χ3n) is 2.87. The van der Waals surface area contributed by atoms with Gasteiger partial charge in [-0.05, 0) is 20.3 Å². The number of aryl methyl sites for hydroxylation is 2. The number of aliphatic hydroxyl groups excluding tert-OH is 1. The molecule has 1 rings (SSSR count). The minimum Gasteiger partial charge on any atom is -0.396 e. The Morgan fingerprint density at radius 1 is 1.55 bits per heavy atom. The molecule has 0 bridgehead atoms. The van der Waals surface area contributed by atoms with Gasteiger partial charge < -0.3 is 19.7 Å². The molecule has 1 aromatic heterocycles. The van der Waals surface area contributed by atoms with Crippen LogP contribution in [0.4, 0.5) is 0 Å². The maximum absolute atomic E-state index is 11.8. The van der Waals surface area contributed by atoms with Crippen molar-refractivity contribution < 1.29 is 19.2 Å². The number of amides is 1. The van der Waals surface area contributed by atoms with Gasteiger partial charge in [0.05, 0.1) is 24.1 Å². The summed E-state index contributed by atoms with van der Waals surface area (Å²) in [6.45, 7) is 4.19. The number of rotatable bonds is 9. The van der Waals surface area contributed by atoms with Gasteiger partial charge in [-0.25, -0.2) is 0 Å². The Bertz CT molecular complexity index is 397. The van der Waals surface area contributed by atoms with Crippen molar-refractivity contribution in [2.24, 2.45) is 0 Å². The third kappa shape index (κ3) is 5.52. The van der Waals surface area contributed by atoms with E-state index in [9.17, 15) is 4.79 Å². The number of nitrogens with one attached hydrogen (secondary N) is 1. The number of nitrogens with zero attached hydrogens (tertiary/aromatic N) is 1. The second-order valence-corrected chi connectivity index (χ2v) is 5.51. The van der Waals surface area contributed by atoms with Crippen LogP contribution in [-0.2, 0) is 15.3 Å². The highest BCUT2D eigenvalue weighted by atomic mass is 32.2. The minimum atomic E-state index is -0.142. The second-order valence-electron chi connectivity index (χ2n) is 4.53. The molecule has 0 radical (unpaired) electrons. The molecule has 0 spiro atoms. The highest BCUT2D eigenvalue weighted by molar-refractivity contribution is 7.99. The van der Waals surface area contributed by atoms with Crippen molar-refractivity contribution in [2.75, 3.05) is 26.1 Å². The molecule has 2 N–H and O–H groups in total. The highest BCUT2D eigenvalue weighted by Crippen LogP contribution is 2.19. The first-order valence-electron chi connectivity index (χ1n) is 6.47. The Labute approximate surface area is 123 Å². The summed E-state index contributed by atoms with van der Waals surface area (Å²) in [6.07, 6.45) is 0.494. The monoisotopic (exact) mass is 302 g/mol. The van der Waals surface area contributed by atoms with Crippen molar-refractivity contribution in [1.29, 1.82) is 0 Å². The van der Waals surface area contributed by atoms with E-state index < -0.39 is 0 Å². The summed E-state index contributed by atoms with van der Waals surface area (Å²) < 4.78 is 10.1. The van der Waals surface area contributed by atoms with Crippen LogP contribution in [0.25, 0.3) is 0 Å². The van der Waals surface area contributed by atoms with Crippen molar-refractivity contribution in [3.05, 3.63) is 17.0 Å². The first-order valence-corrected chi connectivity index (χ1v) is 7.62. The first-order chi connectivity index (χ1) is 9.58. The van der Waals surface area contributed by atoms with E-state index in [2.05, 4.69) is 10.5 Å². The molecule has 0 aromatic carbocycles. The fourth-order valence-corrected chi connectivity index (χ4v) is 2.76. The van der Waals surface area contributed by atoms with E-state index in [0.29, 0.717) is 24.5 Å². The molecule has 0 fully saturated rings. The number of carbonyl (C=O) groups is 1. The number of hydrogen-bond donors (Lipinski definition) is 2. The molecular weight excluding hydrogens is 280 g/mol. The van der Waals surface area contributed by atoms with Crippen LogP contribution in [0, 0.1) is 13.8 Å². The molecule has 20 heavy (non-hydrogen) atoms. The molecule has 0 saturated carbocycles. The third-order valence-corrected chi connectivity index (χ3v) is 3.83. The summed E-state index contributed by atoms with van der Waals surface area (Å²) in [5, 5.41) is 15.6. The molecule has 0 aliphatic heterocycles. The molecule has 0 aliphatic carbocycles. The Morgan fingerprint density at radius 3 is 2.85 bits per heavy atom. The van der Waals surface area contributed by atoms with Gasteiger partial charge in [0.15, 0.2) is 0 Å². The molecule has 1 unspecified atom stereocenters. The number of thioether (sulfide) groups is 1. The van der Waals surface area contributed by atoms with E-state index in [0.717, 1.165) is 17.0 Å². The number of methoxy groups -OCH3 is 1. The van der Waals surface area contributed by atoms with Gasteiger partial charge >= 0.3 is 0 Å². The average Bonchev–Trinajstić information content (AvgIpc) is 2.71. The predicted octanol–water partition coefficient (Wildman–Crippen LogP) is 1.04. The zero-order valence-corrected chi connectivity index (χ0v) is 13.0. The summed E-state index contributed by atoms with van der Waals surface area (Å²) >= 11 is 1.51. The van der Waals surface area contributed by atoms with Crippen LogP contribution in [0.2, 0.25) is 0 Å². The van der Waals surface area contributed by atoms with Crippen LogP contribution in [0.15, 0.2) is 4.52 Å². The highest BCUT2D eigenvalue weighted by Gasteiger charge is 2.13. The molecule has 114 valence electrons. The summed E-state index contributed by atoms with van der Waals surface area (Å²) in [6, 6.07) is -0.142. The molecule has 0 saturated heterocycles. The van der Waals surface area contributed by atoms with Crippen molar-refractivity contribution in [1.82, 2.24) is 10.5 Å². The Morgan fingerprint density at radius 2 is 2.30 bits per heavy atom. The van der Waals surface area contributed by atoms with Crippen LogP contribution in [-0.4, -0.2) is 48.3 Å². The van der Waals surface area contributed by atoms with E-state index >= 15 is 0 Å². The maximum atomic E-state index is 11.8. The van der Waals surface area contributed by atoms with E-state index in [1.54, 1.807) is 7.11 Å². The zero-order chi connectivity index (χ0) is 15.0. The number of aromatic nitrogens is 1. The first kappa shape index (κ1) is 17.0. The quantitative estimate of drug-likeness (QED) is 0.709. The van der Waals surface area contributed by atoms with Crippen LogP contribution in [0.1, 0.15) is 23.4 Å². The predicted molar refractivity (Wildman–Crippen MR) is 77.6 cm³/mol. The van der Waals surface area contributed by atoms with E-state index in [4.69, 9.17) is 14.4 Å². The van der Waals surface area contributed by atoms with Gasteiger partial charge in [0, 0.05) is 25.0 Å². The van der Waals surface area contributed by atoms with Crippen LogP contribution in [0.5, 0.6) is 0 Å². The van der Waals surface area contributed by atoms with Crippen molar-refractivity contribution in [2.45, 2.75) is 32.1 Å². The SMILES string of the molecule is COCC(CCO)NC(=O)CSCc1c(C)noc1C. The van der Waals surface area contributed by atoms with E-state index in [-0.39, 0.29) is 18.6 Å². The Kier molecular flexibility index (Phi) is 7.64. The Balaban J connectivity index is 2.32. The minimum absolute atomic E-state index is 0.0283. The van der Waals surface area contributed by atoms with Crippen LogP contribution in [0.3, 0.4) is 0 Å². The number of ether oxygens (including phenoxy) is 1. The molecular formula is C13H22N2O4S. The molecule has 1 aromatic rings.